The third kappa shape index (κ3) is 2.26. The average molecular weight is 255 g/mol. The molecule has 0 radical (unpaired) electrons. The minimum absolute atomic E-state index is 0.367. The number of halogens is 2. The van der Waals surface area contributed by atoms with Crippen molar-refractivity contribution < 1.29 is 4.42 Å². The first kappa shape index (κ1) is 11.6. The van der Waals surface area contributed by atoms with Crippen molar-refractivity contribution in [3.05, 3.63) is 46.1 Å². The zero-order valence-electron chi connectivity index (χ0n) is 9.13. The molecule has 0 atom stereocenters. The Hall–Kier alpha value is -0.920. The lowest BCUT2D eigenvalue weighted by atomic mass is 10.1. The minimum atomic E-state index is 0.367. The Bertz CT molecular complexity index is 500. The summed E-state index contributed by atoms with van der Waals surface area (Å²) in [4.78, 5) is 0. The molecule has 0 bridgehead atoms. The Morgan fingerprint density at radius 3 is 2.44 bits per heavy atom. The van der Waals surface area contributed by atoms with Gasteiger partial charge in [-0.2, -0.15) is 0 Å². The van der Waals surface area contributed by atoms with Crippen LogP contribution < -0.4 is 0 Å². The Balaban J connectivity index is 2.46. The molecule has 0 fully saturated rings. The van der Waals surface area contributed by atoms with Crippen molar-refractivity contribution in [2.45, 2.75) is 19.8 Å². The van der Waals surface area contributed by atoms with E-state index in [4.69, 9.17) is 27.6 Å². The summed E-state index contributed by atoms with van der Waals surface area (Å²) in [6.07, 6.45) is 0. The van der Waals surface area contributed by atoms with Crippen molar-refractivity contribution in [3.63, 3.8) is 0 Å². The van der Waals surface area contributed by atoms with Crippen LogP contribution in [0.5, 0.6) is 0 Å². The van der Waals surface area contributed by atoms with Gasteiger partial charge in [0.25, 0.3) is 0 Å². The van der Waals surface area contributed by atoms with E-state index in [0.29, 0.717) is 16.0 Å². The highest BCUT2D eigenvalue weighted by Gasteiger charge is 2.10. The van der Waals surface area contributed by atoms with Gasteiger partial charge in [0.05, 0.1) is 5.02 Å². The number of furan rings is 1. The molecule has 0 aliphatic carbocycles. The van der Waals surface area contributed by atoms with Crippen molar-refractivity contribution in [1.82, 2.24) is 0 Å². The maximum atomic E-state index is 6.10. The summed E-state index contributed by atoms with van der Waals surface area (Å²) in [6, 6.07) is 9.24. The monoisotopic (exact) mass is 254 g/mol. The highest BCUT2D eigenvalue weighted by molar-refractivity contribution is 6.35. The van der Waals surface area contributed by atoms with E-state index in [1.165, 1.54) is 0 Å². The maximum Gasteiger partial charge on any atom is 0.135 e. The Labute approximate surface area is 105 Å². The fraction of sp³-hybridized carbons (Fsp3) is 0.231. The molecule has 3 heteroatoms. The molecule has 0 N–H and O–H groups in total. The largest absolute Gasteiger partial charge is 0.461 e. The van der Waals surface area contributed by atoms with Crippen molar-refractivity contribution >= 4 is 23.2 Å². The molecule has 16 heavy (non-hydrogen) atoms. The van der Waals surface area contributed by atoms with Crippen molar-refractivity contribution in [2.75, 3.05) is 0 Å². The van der Waals surface area contributed by atoms with Crippen LogP contribution in [0, 0.1) is 0 Å². The van der Waals surface area contributed by atoms with Gasteiger partial charge in [-0.3, -0.25) is 0 Å². The van der Waals surface area contributed by atoms with Gasteiger partial charge in [0.2, 0.25) is 0 Å². The molecule has 0 saturated heterocycles. The molecule has 1 aromatic carbocycles. The van der Waals surface area contributed by atoms with E-state index in [1.807, 2.05) is 18.2 Å². The Kier molecular flexibility index (Phi) is 3.27. The Morgan fingerprint density at radius 2 is 1.81 bits per heavy atom. The van der Waals surface area contributed by atoms with Crippen LogP contribution in [0.1, 0.15) is 25.5 Å². The van der Waals surface area contributed by atoms with Crippen molar-refractivity contribution in [1.29, 1.82) is 0 Å². The highest BCUT2D eigenvalue weighted by Crippen LogP contribution is 2.33. The molecule has 1 aromatic heterocycles. The summed E-state index contributed by atoms with van der Waals surface area (Å²) in [7, 11) is 0. The lowest BCUT2D eigenvalue weighted by molar-refractivity contribution is 0.498. The molecule has 0 aliphatic heterocycles. The third-order valence-corrected chi connectivity index (χ3v) is 2.95. The number of benzene rings is 1. The zero-order chi connectivity index (χ0) is 11.7. The van der Waals surface area contributed by atoms with Crippen LogP contribution in [-0.2, 0) is 0 Å². The van der Waals surface area contributed by atoms with Gasteiger partial charge in [-0.25, -0.2) is 0 Å². The number of hydrogen-bond donors (Lipinski definition) is 0. The zero-order valence-corrected chi connectivity index (χ0v) is 10.6. The molecule has 0 spiro atoms. The molecule has 0 amide bonds. The van der Waals surface area contributed by atoms with E-state index >= 15 is 0 Å². The van der Waals surface area contributed by atoms with E-state index in [1.54, 1.807) is 12.1 Å². The van der Waals surface area contributed by atoms with Gasteiger partial charge < -0.3 is 4.42 Å². The van der Waals surface area contributed by atoms with Crippen LogP contribution in [0.3, 0.4) is 0 Å². The van der Waals surface area contributed by atoms with Crippen LogP contribution in [-0.4, -0.2) is 0 Å². The number of rotatable bonds is 2. The molecule has 2 rings (SSSR count). The lowest BCUT2D eigenvalue weighted by Crippen LogP contribution is -1.81. The fourth-order valence-corrected chi connectivity index (χ4v) is 1.88. The average Bonchev–Trinajstić information content (AvgIpc) is 2.70. The molecule has 0 aliphatic rings. The maximum absolute atomic E-state index is 6.10. The fourth-order valence-electron chi connectivity index (χ4n) is 1.49. The molecular formula is C13H12Cl2O. The van der Waals surface area contributed by atoms with Crippen LogP contribution in [0.15, 0.2) is 34.7 Å². The SMILES string of the molecule is CC(C)c1ccc(-c2cc(Cl)ccc2Cl)o1. The second-order valence-corrected chi connectivity index (χ2v) is 4.82. The summed E-state index contributed by atoms with van der Waals surface area (Å²) >= 11 is 12.0. The lowest BCUT2D eigenvalue weighted by Gasteiger charge is -2.02. The highest BCUT2D eigenvalue weighted by atomic mass is 35.5. The van der Waals surface area contributed by atoms with Gasteiger partial charge in [0.1, 0.15) is 11.5 Å². The van der Waals surface area contributed by atoms with Gasteiger partial charge in [-0.05, 0) is 30.3 Å². The van der Waals surface area contributed by atoms with Gasteiger partial charge in [0, 0.05) is 16.5 Å². The predicted molar refractivity (Wildman–Crippen MR) is 68.3 cm³/mol. The standard InChI is InChI=1S/C13H12Cl2O/c1-8(2)12-5-6-13(16-12)10-7-9(14)3-4-11(10)15/h3-8H,1-2H3. The topological polar surface area (TPSA) is 13.1 Å². The second-order valence-electron chi connectivity index (χ2n) is 3.98. The predicted octanol–water partition coefficient (Wildman–Crippen LogP) is 5.38. The minimum Gasteiger partial charge on any atom is -0.461 e. The summed E-state index contributed by atoms with van der Waals surface area (Å²) in [5.41, 5.74) is 0.834. The van der Waals surface area contributed by atoms with Crippen LogP contribution >= 0.6 is 23.2 Å². The summed E-state index contributed by atoms with van der Waals surface area (Å²) < 4.78 is 5.72. The number of hydrogen-bond acceptors (Lipinski definition) is 1. The Morgan fingerprint density at radius 1 is 1.06 bits per heavy atom. The van der Waals surface area contributed by atoms with Crippen molar-refractivity contribution in [3.8, 4) is 11.3 Å². The molecule has 84 valence electrons. The van der Waals surface area contributed by atoms with Gasteiger partial charge in [-0.1, -0.05) is 37.0 Å². The quantitative estimate of drug-likeness (QED) is 0.702. The molecular weight excluding hydrogens is 243 g/mol. The first-order chi connectivity index (χ1) is 7.58. The van der Waals surface area contributed by atoms with E-state index in [9.17, 15) is 0 Å². The van der Waals surface area contributed by atoms with E-state index in [-0.39, 0.29) is 0 Å². The van der Waals surface area contributed by atoms with E-state index in [2.05, 4.69) is 13.8 Å². The van der Waals surface area contributed by atoms with Crippen LogP contribution in [0.2, 0.25) is 10.0 Å². The normalized spacial score (nSPS) is 11.1. The van der Waals surface area contributed by atoms with E-state index < -0.39 is 0 Å². The first-order valence-electron chi connectivity index (χ1n) is 5.13. The smallest absolute Gasteiger partial charge is 0.135 e. The molecule has 1 heterocycles. The van der Waals surface area contributed by atoms with Gasteiger partial charge in [-0.15, -0.1) is 0 Å². The molecule has 0 unspecified atom stereocenters. The second kappa shape index (κ2) is 4.52. The molecule has 2 aromatic rings. The van der Waals surface area contributed by atoms with Gasteiger partial charge >= 0.3 is 0 Å². The van der Waals surface area contributed by atoms with Crippen LogP contribution in [0.4, 0.5) is 0 Å². The van der Waals surface area contributed by atoms with Crippen LogP contribution in [0.25, 0.3) is 11.3 Å². The molecule has 0 saturated carbocycles. The van der Waals surface area contributed by atoms with E-state index in [0.717, 1.165) is 17.1 Å². The summed E-state index contributed by atoms with van der Waals surface area (Å²) in [5.74, 6) is 2.08. The summed E-state index contributed by atoms with van der Waals surface area (Å²) in [6.45, 7) is 4.17. The molecule has 1 nitrogen and oxygen atoms in total. The summed E-state index contributed by atoms with van der Waals surface area (Å²) in [5, 5.41) is 1.30. The van der Waals surface area contributed by atoms with Gasteiger partial charge in [0.15, 0.2) is 0 Å². The van der Waals surface area contributed by atoms with Crippen molar-refractivity contribution in [2.24, 2.45) is 0 Å². The third-order valence-electron chi connectivity index (χ3n) is 2.39. The first-order valence-corrected chi connectivity index (χ1v) is 5.88.